The molecule has 0 amide bonds. The number of benzene rings is 7. The average Bonchev–Trinajstić information content (AvgIpc) is 3.19. The Morgan fingerprint density at radius 2 is 0.583 bits per heavy atom. The van der Waals surface area contributed by atoms with E-state index in [9.17, 15) is 0 Å². The Balaban J connectivity index is 1.39. The Morgan fingerprint density at radius 1 is 0.208 bits per heavy atom. The summed E-state index contributed by atoms with van der Waals surface area (Å²) in [6.45, 7) is 0. The molecule has 0 N–H and O–H groups in total. The van der Waals surface area contributed by atoms with Gasteiger partial charge in [0.1, 0.15) is 0 Å². The fourth-order valence-corrected chi connectivity index (χ4v) is 6.11. The maximum atomic E-state index is 5.09. The molecule has 8 rings (SSSR count). The molecule has 0 aliphatic carbocycles. The summed E-state index contributed by atoms with van der Waals surface area (Å²) in [6, 6.07) is 65.4. The Labute approximate surface area is 280 Å². The maximum Gasteiger partial charge on any atom is 0.164 e. The minimum Gasteiger partial charge on any atom is -0.208 e. The van der Waals surface area contributed by atoms with Crippen LogP contribution in [0.3, 0.4) is 0 Å². The molecule has 0 aliphatic rings. The SMILES string of the molecule is c1ccc(-c2cc(-c3nc(-c4ccccc4)nc(-c4ccccc4)n3)cc(-c3cc(-c4ccccc4)ccc3-c3ccccc3)c2)cc1. The van der Waals surface area contributed by atoms with E-state index >= 15 is 0 Å². The van der Waals surface area contributed by atoms with Crippen LogP contribution in [-0.2, 0) is 0 Å². The van der Waals surface area contributed by atoms with Crippen molar-refractivity contribution in [3.8, 4) is 78.7 Å². The summed E-state index contributed by atoms with van der Waals surface area (Å²) >= 11 is 0. The van der Waals surface area contributed by atoms with Crippen molar-refractivity contribution in [2.24, 2.45) is 0 Å². The Hall–Kier alpha value is -6.45. The fraction of sp³-hybridized carbons (Fsp3) is 0. The summed E-state index contributed by atoms with van der Waals surface area (Å²) in [7, 11) is 0. The lowest BCUT2D eigenvalue weighted by molar-refractivity contribution is 1.07. The van der Waals surface area contributed by atoms with Gasteiger partial charge in [-0.25, -0.2) is 15.0 Å². The first-order valence-electron chi connectivity index (χ1n) is 16.1. The Kier molecular flexibility index (Phi) is 7.92. The van der Waals surface area contributed by atoms with Gasteiger partial charge in [0.2, 0.25) is 0 Å². The van der Waals surface area contributed by atoms with E-state index in [2.05, 4.69) is 127 Å². The van der Waals surface area contributed by atoms with Crippen molar-refractivity contribution in [3.05, 3.63) is 188 Å². The van der Waals surface area contributed by atoms with Gasteiger partial charge in [0, 0.05) is 16.7 Å². The molecule has 0 spiro atoms. The first-order chi connectivity index (χ1) is 23.8. The van der Waals surface area contributed by atoms with Crippen LogP contribution in [0.1, 0.15) is 0 Å². The molecule has 0 radical (unpaired) electrons. The highest BCUT2D eigenvalue weighted by Gasteiger charge is 2.17. The second-order valence-corrected chi connectivity index (χ2v) is 11.7. The van der Waals surface area contributed by atoms with Gasteiger partial charge in [-0.3, -0.25) is 0 Å². The summed E-state index contributed by atoms with van der Waals surface area (Å²) in [5, 5.41) is 0. The van der Waals surface area contributed by atoms with Crippen LogP contribution < -0.4 is 0 Å². The van der Waals surface area contributed by atoms with Gasteiger partial charge in [-0.05, 0) is 68.8 Å². The quantitative estimate of drug-likeness (QED) is 0.179. The Morgan fingerprint density at radius 3 is 1.08 bits per heavy atom. The standard InChI is InChI=1S/C45H31N3/c1-6-16-32(17-7-1)37-26-27-41(34-20-10-3-11-21-34)42(31-37)39-28-38(33-18-8-2-9-19-33)29-40(30-39)45-47-43(35-22-12-4-13-23-35)46-44(48-45)36-24-14-5-15-25-36/h1-31H. The van der Waals surface area contributed by atoms with E-state index in [0.29, 0.717) is 17.5 Å². The van der Waals surface area contributed by atoms with E-state index in [1.807, 2.05) is 60.7 Å². The predicted molar refractivity (Wildman–Crippen MR) is 198 cm³/mol. The average molecular weight is 614 g/mol. The molecule has 3 heteroatoms. The van der Waals surface area contributed by atoms with E-state index in [0.717, 1.165) is 55.6 Å². The molecule has 48 heavy (non-hydrogen) atoms. The first kappa shape index (κ1) is 29.0. The molecule has 8 aromatic rings. The van der Waals surface area contributed by atoms with Crippen LogP contribution >= 0.6 is 0 Å². The highest BCUT2D eigenvalue weighted by Crippen LogP contribution is 2.39. The highest BCUT2D eigenvalue weighted by atomic mass is 15.0. The summed E-state index contributed by atoms with van der Waals surface area (Å²) in [5.74, 6) is 1.91. The molecular formula is C45H31N3. The molecule has 0 saturated carbocycles. The minimum atomic E-state index is 0.627. The van der Waals surface area contributed by atoms with Crippen LogP contribution in [0.5, 0.6) is 0 Å². The van der Waals surface area contributed by atoms with Gasteiger partial charge >= 0.3 is 0 Å². The topological polar surface area (TPSA) is 38.7 Å². The highest BCUT2D eigenvalue weighted by molar-refractivity contribution is 5.90. The number of hydrogen-bond acceptors (Lipinski definition) is 3. The van der Waals surface area contributed by atoms with Crippen molar-refractivity contribution in [2.75, 3.05) is 0 Å². The minimum absolute atomic E-state index is 0.627. The molecule has 0 atom stereocenters. The summed E-state index contributed by atoms with van der Waals surface area (Å²) in [5.41, 5.74) is 11.9. The number of nitrogens with zero attached hydrogens (tertiary/aromatic N) is 3. The van der Waals surface area contributed by atoms with Crippen molar-refractivity contribution in [3.63, 3.8) is 0 Å². The van der Waals surface area contributed by atoms with Gasteiger partial charge in [0.15, 0.2) is 17.5 Å². The molecular weight excluding hydrogens is 583 g/mol. The van der Waals surface area contributed by atoms with E-state index < -0.39 is 0 Å². The first-order valence-corrected chi connectivity index (χ1v) is 16.1. The molecule has 1 heterocycles. The van der Waals surface area contributed by atoms with Gasteiger partial charge in [-0.15, -0.1) is 0 Å². The third-order valence-corrected chi connectivity index (χ3v) is 8.52. The molecule has 0 bridgehead atoms. The third-order valence-electron chi connectivity index (χ3n) is 8.52. The Bertz CT molecular complexity index is 2250. The smallest absolute Gasteiger partial charge is 0.164 e. The summed E-state index contributed by atoms with van der Waals surface area (Å²) < 4.78 is 0. The zero-order valence-electron chi connectivity index (χ0n) is 26.2. The number of aromatic nitrogens is 3. The zero-order chi connectivity index (χ0) is 32.1. The van der Waals surface area contributed by atoms with E-state index in [1.54, 1.807) is 0 Å². The summed E-state index contributed by atoms with van der Waals surface area (Å²) in [4.78, 5) is 15.1. The number of hydrogen-bond donors (Lipinski definition) is 0. The van der Waals surface area contributed by atoms with Crippen LogP contribution in [0.4, 0.5) is 0 Å². The normalized spacial score (nSPS) is 10.9. The van der Waals surface area contributed by atoms with Crippen LogP contribution in [0, 0.1) is 0 Å². The second kappa shape index (κ2) is 13.1. The molecule has 226 valence electrons. The van der Waals surface area contributed by atoms with Gasteiger partial charge in [0.25, 0.3) is 0 Å². The predicted octanol–water partition coefficient (Wildman–Crippen LogP) is 11.5. The molecule has 0 aliphatic heterocycles. The van der Waals surface area contributed by atoms with E-state index in [-0.39, 0.29) is 0 Å². The number of rotatable bonds is 7. The second-order valence-electron chi connectivity index (χ2n) is 11.7. The maximum absolute atomic E-state index is 5.09. The monoisotopic (exact) mass is 613 g/mol. The lowest BCUT2D eigenvalue weighted by Gasteiger charge is -2.16. The van der Waals surface area contributed by atoms with E-state index in [1.165, 1.54) is 5.56 Å². The zero-order valence-corrected chi connectivity index (χ0v) is 26.2. The molecule has 0 unspecified atom stereocenters. The van der Waals surface area contributed by atoms with Crippen molar-refractivity contribution < 1.29 is 0 Å². The van der Waals surface area contributed by atoms with Gasteiger partial charge < -0.3 is 0 Å². The molecule has 1 aromatic heterocycles. The third kappa shape index (κ3) is 6.05. The lowest BCUT2D eigenvalue weighted by Crippen LogP contribution is -2.00. The fourth-order valence-electron chi connectivity index (χ4n) is 6.11. The molecule has 0 saturated heterocycles. The van der Waals surface area contributed by atoms with Gasteiger partial charge in [0.05, 0.1) is 0 Å². The van der Waals surface area contributed by atoms with Crippen molar-refractivity contribution >= 4 is 0 Å². The van der Waals surface area contributed by atoms with Crippen LogP contribution in [0.15, 0.2) is 188 Å². The largest absolute Gasteiger partial charge is 0.208 e. The van der Waals surface area contributed by atoms with Crippen LogP contribution in [0.2, 0.25) is 0 Å². The molecule has 3 nitrogen and oxygen atoms in total. The van der Waals surface area contributed by atoms with Gasteiger partial charge in [-0.1, -0.05) is 164 Å². The lowest BCUT2D eigenvalue weighted by atomic mass is 9.88. The summed E-state index contributed by atoms with van der Waals surface area (Å²) in [6.07, 6.45) is 0. The van der Waals surface area contributed by atoms with Crippen molar-refractivity contribution in [1.82, 2.24) is 15.0 Å². The van der Waals surface area contributed by atoms with Crippen LogP contribution in [0.25, 0.3) is 78.7 Å². The van der Waals surface area contributed by atoms with E-state index in [4.69, 9.17) is 15.0 Å². The van der Waals surface area contributed by atoms with Gasteiger partial charge in [-0.2, -0.15) is 0 Å². The molecule has 7 aromatic carbocycles. The van der Waals surface area contributed by atoms with Crippen molar-refractivity contribution in [2.45, 2.75) is 0 Å². The van der Waals surface area contributed by atoms with Crippen molar-refractivity contribution in [1.29, 1.82) is 0 Å². The van der Waals surface area contributed by atoms with Crippen LogP contribution in [-0.4, -0.2) is 15.0 Å². The molecule has 0 fully saturated rings.